The van der Waals surface area contributed by atoms with Gasteiger partial charge in [-0.25, -0.2) is 21.7 Å². The summed E-state index contributed by atoms with van der Waals surface area (Å²) in [4.78, 5) is -0.157. The minimum Gasteiger partial charge on any atom is -0.399 e. The highest BCUT2D eigenvalue weighted by Crippen LogP contribution is 2.31. The SMILES string of the molecule is Nc1ccc(F)c(S(=O)N2CC(F)(F)C2)c1. The van der Waals surface area contributed by atoms with Crippen molar-refractivity contribution in [3.8, 4) is 0 Å². The van der Waals surface area contributed by atoms with Gasteiger partial charge in [-0.1, -0.05) is 0 Å². The van der Waals surface area contributed by atoms with Crippen LogP contribution in [0, 0.1) is 5.82 Å². The minimum atomic E-state index is -2.83. The van der Waals surface area contributed by atoms with Crippen LogP contribution >= 0.6 is 0 Å². The number of hydrogen-bond acceptors (Lipinski definition) is 2. The Morgan fingerprint density at radius 2 is 2.00 bits per heavy atom. The molecule has 1 aromatic carbocycles. The molecule has 1 unspecified atom stereocenters. The van der Waals surface area contributed by atoms with Crippen LogP contribution in [0.25, 0.3) is 0 Å². The van der Waals surface area contributed by atoms with Crippen molar-refractivity contribution in [1.82, 2.24) is 4.31 Å². The Hall–Kier alpha value is -1.08. The van der Waals surface area contributed by atoms with E-state index < -0.39 is 35.8 Å². The summed E-state index contributed by atoms with van der Waals surface area (Å²) in [6.07, 6.45) is 0. The fraction of sp³-hybridized carbons (Fsp3) is 0.333. The average Bonchev–Trinajstić information content (AvgIpc) is 2.17. The summed E-state index contributed by atoms with van der Waals surface area (Å²) in [6, 6.07) is 3.59. The highest BCUT2D eigenvalue weighted by molar-refractivity contribution is 7.82. The molecule has 0 aliphatic carbocycles. The molecule has 2 N–H and O–H groups in total. The Morgan fingerprint density at radius 1 is 1.38 bits per heavy atom. The number of nitrogens with zero attached hydrogens (tertiary/aromatic N) is 1. The van der Waals surface area contributed by atoms with E-state index in [2.05, 4.69) is 0 Å². The van der Waals surface area contributed by atoms with E-state index in [1.54, 1.807) is 0 Å². The number of rotatable bonds is 2. The lowest BCUT2D eigenvalue weighted by atomic mass is 10.2. The zero-order valence-corrected chi connectivity index (χ0v) is 8.94. The van der Waals surface area contributed by atoms with E-state index in [9.17, 15) is 17.4 Å². The number of anilines is 1. The van der Waals surface area contributed by atoms with Crippen LogP contribution in [0.4, 0.5) is 18.9 Å². The second-order valence-corrected chi connectivity index (χ2v) is 5.05. The fourth-order valence-electron chi connectivity index (χ4n) is 1.38. The predicted molar refractivity (Wildman–Crippen MR) is 53.7 cm³/mol. The van der Waals surface area contributed by atoms with Crippen molar-refractivity contribution >= 4 is 16.7 Å². The van der Waals surface area contributed by atoms with Gasteiger partial charge in [-0.2, -0.15) is 0 Å². The van der Waals surface area contributed by atoms with E-state index in [1.807, 2.05) is 0 Å². The maximum Gasteiger partial charge on any atom is 0.275 e. The second kappa shape index (κ2) is 3.74. The number of nitrogens with two attached hydrogens (primary N) is 1. The third-order valence-corrected chi connectivity index (χ3v) is 3.61. The van der Waals surface area contributed by atoms with Crippen LogP contribution in [0.2, 0.25) is 0 Å². The molecule has 1 saturated heterocycles. The normalized spacial score (nSPS) is 21.4. The van der Waals surface area contributed by atoms with Crippen LogP contribution in [0.3, 0.4) is 0 Å². The maximum atomic E-state index is 13.3. The first-order valence-electron chi connectivity index (χ1n) is 4.49. The first kappa shape index (κ1) is 11.4. The number of hydrogen-bond donors (Lipinski definition) is 1. The largest absolute Gasteiger partial charge is 0.399 e. The molecule has 0 amide bonds. The molecule has 1 aliphatic rings. The third-order valence-electron chi connectivity index (χ3n) is 2.19. The Labute approximate surface area is 92.6 Å². The highest BCUT2D eigenvalue weighted by Gasteiger charge is 2.47. The van der Waals surface area contributed by atoms with E-state index in [4.69, 9.17) is 5.73 Å². The summed E-state index contributed by atoms with van der Waals surface area (Å²) in [5, 5.41) is 0. The van der Waals surface area contributed by atoms with E-state index in [0.717, 1.165) is 10.4 Å². The summed E-state index contributed by atoms with van der Waals surface area (Å²) in [6.45, 7) is -1.23. The molecule has 88 valence electrons. The first-order valence-corrected chi connectivity index (χ1v) is 5.59. The minimum absolute atomic E-state index is 0.157. The van der Waals surface area contributed by atoms with Crippen LogP contribution in [0.15, 0.2) is 23.1 Å². The van der Waals surface area contributed by atoms with Crippen molar-refractivity contribution in [2.24, 2.45) is 0 Å². The maximum absolute atomic E-state index is 13.3. The topological polar surface area (TPSA) is 46.3 Å². The zero-order valence-electron chi connectivity index (χ0n) is 8.12. The molecule has 0 aromatic heterocycles. The fourth-order valence-corrected chi connectivity index (χ4v) is 2.74. The van der Waals surface area contributed by atoms with E-state index >= 15 is 0 Å². The van der Waals surface area contributed by atoms with Gasteiger partial charge in [0.2, 0.25) is 0 Å². The quantitative estimate of drug-likeness (QED) is 0.806. The molecule has 7 heteroatoms. The summed E-state index contributed by atoms with van der Waals surface area (Å²) in [5.74, 6) is -3.53. The number of alkyl halides is 2. The van der Waals surface area contributed by atoms with Crippen molar-refractivity contribution in [1.29, 1.82) is 0 Å². The molecular weight excluding hydrogens is 241 g/mol. The number of nitrogen functional groups attached to an aromatic ring is 1. The standard InChI is InChI=1S/C9H9F3N2OS/c10-7-2-1-6(13)3-8(7)16(15)14-4-9(11,12)5-14/h1-3H,4-5,13H2. The van der Waals surface area contributed by atoms with Gasteiger partial charge in [0.25, 0.3) is 5.92 Å². The molecule has 0 bridgehead atoms. The van der Waals surface area contributed by atoms with Crippen molar-refractivity contribution in [2.45, 2.75) is 10.8 Å². The van der Waals surface area contributed by atoms with Crippen molar-refractivity contribution < 1.29 is 17.4 Å². The predicted octanol–water partition coefficient (Wildman–Crippen LogP) is 1.38. The lowest BCUT2D eigenvalue weighted by Crippen LogP contribution is -2.56. The summed E-state index contributed by atoms with van der Waals surface area (Å²) in [5.41, 5.74) is 5.66. The highest BCUT2D eigenvalue weighted by atomic mass is 32.2. The first-order chi connectivity index (χ1) is 7.39. The monoisotopic (exact) mass is 250 g/mol. The number of halogens is 3. The van der Waals surface area contributed by atoms with Crippen LogP contribution in [-0.2, 0) is 11.0 Å². The van der Waals surface area contributed by atoms with E-state index in [-0.39, 0.29) is 10.6 Å². The molecule has 16 heavy (non-hydrogen) atoms. The van der Waals surface area contributed by atoms with Crippen molar-refractivity contribution in [3.63, 3.8) is 0 Å². The van der Waals surface area contributed by atoms with Crippen LogP contribution in [0.5, 0.6) is 0 Å². The van der Waals surface area contributed by atoms with Gasteiger partial charge in [-0.3, -0.25) is 0 Å². The van der Waals surface area contributed by atoms with Gasteiger partial charge in [0.05, 0.1) is 18.0 Å². The van der Waals surface area contributed by atoms with Crippen molar-refractivity contribution in [3.05, 3.63) is 24.0 Å². The lowest BCUT2D eigenvalue weighted by Gasteiger charge is -2.37. The van der Waals surface area contributed by atoms with Gasteiger partial charge >= 0.3 is 0 Å². The Balaban J connectivity index is 2.19. The molecule has 1 aromatic rings. The molecule has 1 aliphatic heterocycles. The van der Waals surface area contributed by atoms with Gasteiger partial charge in [0.15, 0.2) is 0 Å². The Kier molecular flexibility index (Phi) is 2.67. The van der Waals surface area contributed by atoms with E-state index in [1.165, 1.54) is 12.1 Å². The molecular formula is C9H9F3N2OS. The van der Waals surface area contributed by atoms with Crippen LogP contribution < -0.4 is 5.73 Å². The Bertz CT molecular complexity index is 444. The molecule has 2 rings (SSSR count). The average molecular weight is 250 g/mol. The van der Waals surface area contributed by atoms with Crippen molar-refractivity contribution in [2.75, 3.05) is 18.8 Å². The molecule has 0 radical (unpaired) electrons. The zero-order chi connectivity index (χ0) is 11.9. The Morgan fingerprint density at radius 3 is 2.56 bits per heavy atom. The van der Waals surface area contributed by atoms with Crippen LogP contribution in [-0.4, -0.2) is 27.5 Å². The summed E-state index contributed by atoms with van der Waals surface area (Å²) in [7, 11) is -1.91. The third kappa shape index (κ3) is 2.05. The smallest absolute Gasteiger partial charge is 0.275 e. The molecule has 0 saturated carbocycles. The van der Waals surface area contributed by atoms with Gasteiger partial charge in [-0.05, 0) is 18.2 Å². The van der Waals surface area contributed by atoms with Gasteiger partial charge in [-0.15, -0.1) is 0 Å². The summed E-state index contributed by atoms with van der Waals surface area (Å²) >= 11 is 0. The van der Waals surface area contributed by atoms with E-state index in [0.29, 0.717) is 0 Å². The molecule has 3 nitrogen and oxygen atoms in total. The molecule has 1 heterocycles. The van der Waals surface area contributed by atoms with Gasteiger partial charge < -0.3 is 5.73 Å². The molecule has 1 fully saturated rings. The molecule has 1 atom stereocenters. The molecule has 0 spiro atoms. The second-order valence-electron chi connectivity index (χ2n) is 3.59. The van der Waals surface area contributed by atoms with Crippen LogP contribution in [0.1, 0.15) is 0 Å². The van der Waals surface area contributed by atoms with Gasteiger partial charge in [0, 0.05) is 5.69 Å². The van der Waals surface area contributed by atoms with Gasteiger partial charge in [0.1, 0.15) is 16.8 Å². The summed E-state index contributed by atoms with van der Waals surface area (Å²) < 4.78 is 51.1. The lowest BCUT2D eigenvalue weighted by molar-refractivity contribution is -0.0926. The number of benzene rings is 1.